The number of aromatic nitrogens is 2. The molecule has 146 valence electrons. The van der Waals surface area contributed by atoms with Crippen LogP contribution in [0.15, 0.2) is 22.7 Å². The van der Waals surface area contributed by atoms with E-state index < -0.39 is 33.4 Å². The maximum absolute atomic E-state index is 13.4. The van der Waals surface area contributed by atoms with Crippen molar-refractivity contribution in [2.45, 2.75) is 58.0 Å². The van der Waals surface area contributed by atoms with Gasteiger partial charge in [0.2, 0.25) is 0 Å². The number of hydrogen-bond acceptors (Lipinski definition) is 2. The van der Waals surface area contributed by atoms with Crippen molar-refractivity contribution in [3.05, 3.63) is 28.5 Å². The van der Waals surface area contributed by atoms with Crippen molar-refractivity contribution in [3.8, 4) is 0 Å². The third kappa shape index (κ3) is 4.86. The number of aromatic amines is 1. The van der Waals surface area contributed by atoms with Crippen LogP contribution in [0, 0.1) is 5.41 Å². The minimum absolute atomic E-state index is 0.292. The van der Waals surface area contributed by atoms with E-state index in [1.165, 1.54) is 0 Å². The zero-order chi connectivity index (χ0) is 19.9. The van der Waals surface area contributed by atoms with Gasteiger partial charge in [-0.05, 0) is 45.4 Å². The fourth-order valence-electron chi connectivity index (χ4n) is 2.29. The van der Waals surface area contributed by atoms with Gasteiger partial charge in [0.05, 0.1) is 38.2 Å². The van der Waals surface area contributed by atoms with Gasteiger partial charge in [-0.3, -0.25) is 0 Å². The molecule has 0 saturated heterocycles. The first kappa shape index (κ1) is 21.4. The number of nitrogens with zero attached hydrogens (tertiary/aromatic N) is 1. The summed E-state index contributed by atoms with van der Waals surface area (Å²) in [5.74, 6) is 0.341. The minimum Gasteiger partial charge on any atom is -0.341 e. The molecule has 1 heterocycles. The molecule has 9 heteroatoms. The Bertz CT molecular complexity index is 812. The molecule has 2 N–H and O–H groups in total. The Balaban J connectivity index is 2.43. The van der Waals surface area contributed by atoms with Crippen molar-refractivity contribution >= 4 is 37.9 Å². The van der Waals surface area contributed by atoms with Gasteiger partial charge in [0, 0.05) is 4.47 Å². The van der Waals surface area contributed by atoms with Gasteiger partial charge in [-0.25, -0.2) is 13.9 Å². The lowest BCUT2D eigenvalue weighted by Crippen LogP contribution is -2.41. The number of nitrogens with one attached hydrogen (secondary N) is 2. The molecule has 0 bridgehead atoms. The predicted molar refractivity (Wildman–Crippen MR) is 102 cm³/mol. The molecule has 0 radical (unpaired) electrons. The number of halogens is 4. The summed E-state index contributed by atoms with van der Waals surface area (Å²) in [6.07, 6.45) is -4.68. The number of hydrogen-bond donors (Lipinski definition) is 2. The Morgan fingerprint density at radius 3 is 2.38 bits per heavy atom. The highest BCUT2D eigenvalue weighted by Gasteiger charge is 2.49. The average molecular weight is 454 g/mol. The summed E-state index contributed by atoms with van der Waals surface area (Å²) in [6.45, 7) is 7.56. The SMILES string of the molecule is CC(C)(C)[S@@](=O)N[C@@H](CC(C)(C)C(F)(F)F)c1nc2ccc(Br)cc2[nH]1. The molecule has 26 heavy (non-hydrogen) atoms. The number of benzene rings is 1. The van der Waals surface area contributed by atoms with Crippen molar-refractivity contribution < 1.29 is 17.4 Å². The Labute approximate surface area is 162 Å². The second-order valence-corrected chi connectivity index (χ2v) is 10.8. The van der Waals surface area contributed by atoms with Gasteiger partial charge in [0.1, 0.15) is 5.82 Å². The van der Waals surface area contributed by atoms with Crippen LogP contribution in [0.25, 0.3) is 11.0 Å². The number of fused-ring (bicyclic) bond motifs is 1. The lowest BCUT2D eigenvalue weighted by molar-refractivity contribution is -0.215. The molecule has 2 rings (SSSR count). The summed E-state index contributed by atoms with van der Waals surface area (Å²) in [5, 5.41) is 0. The normalized spacial score (nSPS) is 16.0. The predicted octanol–water partition coefficient (Wildman–Crippen LogP) is 5.40. The van der Waals surface area contributed by atoms with E-state index in [2.05, 4.69) is 30.6 Å². The van der Waals surface area contributed by atoms with E-state index in [1.54, 1.807) is 32.9 Å². The Morgan fingerprint density at radius 2 is 1.85 bits per heavy atom. The Hall–Kier alpha value is -0.930. The number of rotatable bonds is 5. The zero-order valence-electron chi connectivity index (χ0n) is 15.3. The molecule has 4 nitrogen and oxygen atoms in total. The van der Waals surface area contributed by atoms with E-state index in [1.807, 2.05) is 6.07 Å². The second kappa shape index (κ2) is 7.24. The summed E-state index contributed by atoms with van der Waals surface area (Å²) < 4.78 is 55.8. The van der Waals surface area contributed by atoms with E-state index in [0.29, 0.717) is 16.9 Å². The zero-order valence-corrected chi connectivity index (χ0v) is 17.7. The molecule has 1 aromatic heterocycles. The molecule has 2 atom stereocenters. The van der Waals surface area contributed by atoms with Crippen LogP contribution in [0.1, 0.15) is 52.9 Å². The van der Waals surface area contributed by atoms with Crippen molar-refractivity contribution in [2.24, 2.45) is 5.41 Å². The summed E-state index contributed by atoms with van der Waals surface area (Å²) in [5.41, 5.74) is -0.624. The van der Waals surface area contributed by atoms with Gasteiger partial charge in [-0.1, -0.05) is 29.8 Å². The monoisotopic (exact) mass is 453 g/mol. The van der Waals surface area contributed by atoms with Crippen molar-refractivity contribution in [1.82, 2.24) is 14.7 Å². The van der Waals surface area contributed by atoms with Gasteiger partial charge in [-0.15, -0.1) is 0 Å². The lowest BCUT2D eigenvalue weighted by Gasteiger charge is -2.32. The Kier molecular flexibility index (Phi) is 5.95. The molecule has 0 aliphatic heterocycles. The van der Waals surface area contributed by atoms with E-state index in [4.69, 9.17) is 0 Å². The summed E-state index contributed by atoms with van der Waals surface area (Å²) in [6, 6.07) is 4.55. The van der Waals surface area contributed by atoms with Crippen LogP contribution in [0.4, 0.5) is 13.2 Å². The molecule has 0 saturated carbocycles. The lowest BCUT2D eigenvalue weighted by atomic mass is 9.85. The number of alkyl halides is 3. The standard InChI is InChI=1S/C17H23BrF3N3OS/c1-15(2,3)26(25)24-13(9-16(4,5)17(19,20)21)14-22-11-7-6-10(18)8-12(11)23-14/h6-8,13,24H,9H2,1-5H3,(H,22,23)/t13-,26+/m0/s1. The van der Waals surface area contributed by atoms with Crippen molar-refractivity contribution in [1.29, 1.82) is 0 Å². The van der Waals surface area contributed by atoms with Crippen molar-refractivity contribution in [3.63, 3.8) is 0 Å². The highest BCUT2D eigenvalue weighted by molar-refractivity contribution is 9.10. The average Bonchev–Trinajstić information content (AvgIpc) is 2.86. The van der Waals surface area contributed by atoms with E-state index in [0.717, 1.165) is 18.3 Å². The molecule has 0 aliphatic carbocycles. The van der Waals surface area contributed by atoms with Crippen LogP contribution in [0.5, 0.6) is 0 Å². The van der Waals surface area contributed by atoms with Crippen LogP contribution in [-0.4, -0.2) is 25.1 Å². The van der Waals surface area contributed by atoms with Gasteiger partial charge in [0.15, 0.2) is 0 Å². The quantitative estimate of drug-likeness (QED) is 0.636. The van der Waals surface area contributed by atoms with Crippen LogP contribution in [0.3, 0.4) is 0 Å². The first-order chi connectivity index (χ1) is 11.7. The first-order valence-corrected chi connectivity index (χ1v) is 10.0. The van der Waals surface area contributed by atoms with Crippen LogP contribution < -0.4 is 4.72 Å². The van der Waals surface area contributed by atoms with Gasteiger partial charge in [-0.2, -0.15) is 13.2 Å². The second-order valence-electron chi connectivity index (χ2n) is 7.92. The van der Waals surface area contributed by atoms with Gasteiger partial charge in [0.25, 0.3) is 0 Å². The fourth-order valence-corrected chi connectivity index (χ4v) is 3.46. The number of H-pyrrole nitrogens is 1. The third-order valence-corrected chi connectivity index (χ3v) is 6.18. The minimum atomic E-state index is -4.38. The first-order valence-electron chi connectivity index (χ1n) is 8.11. The molecule has 0 fully saturated rings. The molecule has 0 spiro atoms. The van der Waals surface area contributed by atoms with Gasteiger partial charge >= 0.3 is 6.18 Å². The molecule has 0 unspecified atom stereocenters. The van der Waals surface area contributed by atoms with E-state index in [-0.39, 0.29) is 6.42 Å². The fraction of sp³-hybridized carbons (Fsp3) is 0.588. The molecular weight excluding hydrogens is 431 g/mol. The van der Waals surface area contributed by atoms with Gasteiger partial charge < -0.3 is 4.98 Å². The molecule has 0 aliphatic rings. The molecular formula is C17H23BrF3N3OS. The van der Waals surface area contributed by atoms with Crippen LogP contribution in [-0.2, 0) is 11.0 Å². The van der Waals surface area contributed by atoms with Crippen LogP contribution in [0.2, 0.25) is 0 Å². The molecule has 2 aromatic rings. The summed E-state index contributed by atoms with van der Waals surface area (Å²) in [4.78, 5) is 7.48. The van der Waals surface area contributed by atoms with Crippen LogP contribution >= 0.6 is 15.9 Å². The van der Waals surface area contributed by atoms with E-state index >= 15 is 0 Å². The highest BCUT2D eigenvalue weighted by Crippen LogP contribution is 2.43. The molecule has 0 amide bonds. The largest absolute Gasteiger partial charge is 0.394 e. The molecule has 1 aromatic carbocycles. The van der Waals surface area contributed by atoms with E-state index in [9.17, 15) is 17.4 Å². The summed E-state index contributed by atoms with van der Waals surface area (Å²) in [7, 11) is -1.54. The number of imidazole rings is 1. The third-order valence-electron chi connectivity index (χ3n) is 4.08. The highest BCUT2D eigenvalue weighted by atomic mass is 79.9. The smallest absolute Gasteiger partial charge is 0.341 e. The summed E-state index contributed by atoms with van der Waals surface area (Å²) >= 11 is 3.36. The van der Waals surface area contributed by atoms with Crippen molar-refractivity contribution in [2.75, 3.05) is 0 Å². The topological polar surface area (TPSA) is 57.8 Å². The maximum Gasteiger partial charge on any atom is 0.394 e. The maximum atomic E-state index is 13.4. The Morgan fingerprint density at radius 1 is 1.23 bits per heavy atom.